The number of nitrogens with zero attached hydrogens (tertiary/aromatic N) is 3. The molecule has 0 amide bonds. The Morgan fingerprint density at radius 3 is 2.70 bits per heavy atom. The summed E-state index contributed by atoms with van der Waals surface area (Å²) in [5.74, 6) is -0.456. The van der Waals surface area contributed by atoms with Crippen molar-refractivity contribution < 1.29 is 14.6 Å². The third kappa shape index (κ3) is 3.03. The molecule has 0 aliphatic heterocycles. The summed E-state index contributed by atoms with van der Waals surface area (Å²) in [6.07, 6.45) is 1.25. The van der Waals surface area contributed by atoms with Gasteiger partial charge in [-0.3, -0.25) is 0 Å². The molecule has 2 rings (SSSR count). The molecule has 2 aromatic rings. The van der Waals surface area contributed by atoms with Crippen LogP contribution in [0.25, 0.3) is 0 Å². The zero-order chi connectivity index (χ0) is 14.7. The lowest BCUT2D eigenvalue weighted by Crippen LogP contribution is -2.08. The van der Waals surface area contributed by atoms with Crippen LogP contribution < -0.4 is 9.64 Å². The molecule has 6 nitrogen and oxygen atoms in total. The van der Waals surface area contributed by atoms with Crippen molar-refractivity contribution >= 4 is 11.7 Å². The summed E-state index contributed by atoms with van der Waals surface area (Å²) in [4.78, 5) is 20.8. The molecule has 0 bridgehead atoms. The lowest BCUT2D eigenvalue weighted by atomic mass is 10.2. The molecule has 0 fully saturated rings. The first kappa shape index (κ1) is 13.8. The SMILES string of the molecule is Cc1nc(Oc2cccc(N(C)C)c2)ncc1C(=O)O. The summed E-state index contributed by atoms with van der Waals surface area (Å²) in [6.45, 7) is 1.61. The van der Waals surface area contributed by atoms with Crippen LogP contribution in [0.5, 0.6) is 11.8 Å². The molecule has 0 aliphatic rings. The van der Waals surface area contributed by atoms with Crippen LogP contribution in [0.15, 0.2) is 30.5 Å². The summed E-state index contributed by atoms with van der Waals surface area (Å²) in [7, 11) is 3.86. The summed E-state index contributed by atoms with van der Waals surface area (Å²) >= 11 is 0. The molecular formula is C14H15N3O3. The van der Waals surface area contributed by atoms with E-state index in [9.17, 15) is 4.79 Å². The van der Waals surface area contributed by atoms with Gasteiger partial charge in [-0.25, -0.2) is 9.78 Å². The second-order valence-corrected chi connectivity index (χ2v) is 4.45. The zero-order valence-corrected chi connectivity index (χ0v) is 11.5. The van der Waals surface area contributed by atoms with Crippen LogP contribution in [-0.4, -0.2) is 35.1 Å². The zero-order valence-electron chi connectivity index (χ0n) is 11.5. The van der Waals surface area contributed by atoms with Gasteiger partial charge in [-0.1, -0.05) is 6.07 Å². The van der Waals surface area contributed by atoms with E-state index >= 15 is 0 Å². The fraction of sp³-hybridized carbons (Fsp3) is 0.214. The Morgan fingerprint density at radius 2 is 2.10 bits per heavy atom. The second kappa shape index (κ2) is 5.56. The minimum Gasteiger partial charge on any atom is -0.478 e. The predicted octanol–water partition coefficient (Wildman–Crippen LogP) is 2.34. The Balaban J connectivity index is 2.24. The first-order chi connectivity index (χ1) is 9.47. The number of benzene rings is 1. The minimum absolute atomic E-state index is 0.0689. The summed E-state index contributed by atoms with van der Waals surface area (Å²) in [6, 6.07) is 7.58. The quantitative estimate of drug-likeness (QED) is 0.921. The van der Waals surface area contributed by atoms with Gasteiger partial charge >= 0.3 is 12.0 Å². The standard InChI is InChI=1S/C14H15N3O3/c1-9-12(13(18)19)8-15-14(16-9)20-11-6-4-5-10(7-11)17(2)3/h4-8H,1-3H3,(H,18,19). The number of rotatable bonds is 4. The molecule has 0 spiro atoms. The number of hydrogen-bond donors (Lipinski definition) is 1. The van der Waals surface area contributed by atoms with E-state index in [1.54, 1.807) is 13.0 Å². The number of carboxylic acid groups (broad SMARTS) is 1. The molecule has 0 aliphatic carbocycles. The highest BCUT2D eigenvalue weighted by Gasteiger charge is 2.11. The molecular weight excluding hydrogens is 258 g/mol. The fourth-order valence-corrected chi connectivity index (χ4v) is 1.64. The van der Waals surface area contributed by atoms with Crippen molar-refractivity contribution in [2.45, 2.75) is 6.92 Å². The second-order valence-electron chi connectivity index (χ2n) is 4.45. The van der Waals surface area contributed by atoms with E-state index in [1.807, 2.05) is 37.2 Å². The van der Waals surface area contributed by atoms with Crippen LogP contribution in [0.3, 0.4) is 0 Å². The van der Waals surface area contributed by atoms with E-state index in [2.05, 4.69) is 9.97 Å². The molecule has 0 saturated carbocycles. The van der Waals surface area contributed by atoms with Crippen LogP contribution in [-0.2, 0) is 0 Å². The van der Waals surface area contributed by atoms with Crippen LogP contribution in [0.4, 0.5) is 5.69 Å². The number of carboxylic acids is 1. The van der Waals surface area contributed by atoms with Gasteiger partial charge < -0.3 is 14.7 Å². The maximum atomic E-state index is 10.9. The van der Waals surface area contributed by atoms with Gasteiger partial charge in [0.15, 0.2) is 0 Å². The molecule has 6 heteroatoms. The number of aromatic nitrogens is 2. The highest BCUT2D eigenvalue weighted by molar-refractivity contribution is 5.88. The molecule has 1 heterocycles. The van der Waals surface area contributed by atoms with Crippen molar-refractivity contribution in [2.75, 3.05) is 19.0 Å². The minimum atomic E-state index is -1.05. The van der Waals surface area contributed by atoms with Crippen LogP contribution in [0.2, 0.25) is 0 Å². The van der Waals surface area contributed by atoms with Gasteiger partial charge in [-0.2, -0.15) is 4.98 Å². The van der Waals surface area contributed by atoms with E-state index in [0.717, 1.165) is 5.69 Å². The third-order valence-corrected chi connectivity index (χ3v) is 2.73. The van der Waals surface area contributed by atoms with Crippen molar-refractivity contribution in [2.24, 2.45) is 0 Å². The summed E-state index contributed by atoms with van der Waals surface area (Å²) in [5.41, 5.74) is 1.42. The maximum absolute atomic E-state index is 10.9. The van der Waals surface area contributed by atoms with Gasteiger partial charge in [0.1, 0.15) is 5.75 Å². The number of carbonyl (C=O) groups is 1. The van der Waals surface area contributed by atoms with E-state index in [-0.39, 0.29) is 11.6 Å². The van der Waals surface area contributed by atoms with Gasteiger partial charge in [0.25, 0.3) is 0 Å². The molecule has 1 aromatic carbocycles. The van der Waals surface area contributed by atoms with Crippen molar-refractivity contribution in [3.8, 4) is 11.8 Å². The molecule has 104 valence electrons. The fourth-order valence-electron chi connectivity index (χ4n) is 1.64. The van der Waals surface area contributed by atoms with Gasteiger partial charge in [0, 0.05) is 32.0 Å². The lowest BCUT2D eigenvalue weighted by Gasteiger charge is -2.13. The van der Waals surface area contributed by atoms with E-state index in [1.165, 1.54) is 6.20 Å². The molecule has 1 aromatic heterocycles. The van der Waals surface area contributed by atoms with Crippen molar-refractivity contribution in [1.29, 1.82) is 0 Å². The van der Waals surface area contributed by atoms with Gasteiger partial charge in [-0.05, 0) is 19.1 Å². The number of hydrogen-bond acceptors (Lipinski definition) is 5. The van der Waals surface area contributed by atoms with E-state index in [0.29, 0.717) is 11.4 Å². The normalized spacial score (nSPS) is 10.2. The number of aryl methyl sites for hydroxylation is 1. The first-order valence-electron chi connectivity index (χ1n) is 5.99. The predicted molar refractivity (Wildman–Crippen MR) is 74.6 cm³/mol. The van der Waals surface area contributed by atoms with E-state index in [4.69, 9.17) is 9.84 Å². The average molecular weight is 273 g/mol. The molecule has 20 heavy (non-hydrogen) atoms. The van der Waals surface area contributed by atoms with Crippen LogP contribution >= 0.6 is 0 Å². The van der Waals surface area contributed by atoms with Gasteiger partial charge in [-0.15, -0.1) is 0 Å². The third-order valence-electron chi connectivity index (χ3n) is 2.73. The van der Waals surface area contributed by atoms with Crippen molar-refractivity contribution in [3.63, 3.8) is 0 Å². The Hall–Kier alpha value is -2.63. The average Bonchev–Trinajstić information content (AvgIpc) is 2.38. The monoisotopic (exact) mass is 273 g/mol. The van der Waals surface area contributed by atoms with Crippen molar-refractivity contribution in [1.82, 2.24) is 9.97 Å². The lowest BCUT2D eigenvalue weighted by molar-refractivity contribution is 0.0695. The Labute approximate surface area is 116 Å². The first-order valence-corrected chi connectivity index (χ1v) is 5.99. The number of ether oxygens (including phenoxy) is 1. The number of anilines is 1. The van der Waals surface area contributed by atoms with Gasteiger partial charge in [0.05, 0.1) is 11.3 Å². The summed E-state index contributed by atoms with van der Waals surface area (Å²) in [5, 5.41) is 8.92. The molecule has 0 radical (unpaired) electrons. The summed E-state index contributed by atoms with van der Waals surface area (Å²) < 4.78 is 5.54. The van der Waals surface area contributed by atoms with Gasteiger partial charge in [0.2, 0.25) is 0 Å². The van der Waals surface area contributed by atoms with Crippen LogP contribution in [0.1, 0.15) is 16.1 Å². The Bertz CT molecular complexity index is 641. The number of aromatic carboxylic acids is 1. The molecule has 0 atom stereocenters. The van der Waals surface area contributed by atoms with Crippen LogP contribution in [0, 0.1) is 6.92 Å². The highest BCUT2D eigenvalue weighted by Crippen LogP contribution is 2.23. The molecule has 0 unspecified atom stereocenters. The maximum Gasteiger partial charge on any atom is 0.339 e. The Morgan fingerprint density at radius 1 is 1.35 bits per heavy atom. The highest BCUT2D eigenvalue weighted by atomic mass is 16.5. The largest absolute Gasteiger partial charge is 0.478 e. The molecule has 1 N–H and O–H groups in total. The smallest absolute Gasteiger partial charge is 0.339 e. The Kier molecular flexibility index (Phi) is 3.84. The topological polar surface area (TPSA) is 75.5 Å². The molecule has 0 saturated heterocycles. The van der Waals surface area contributed by atoms with E-state index < -0.39 is 5.97 Å². The van der Waals surface area contributed by atoms with Crippen molar-refractivity contribution in [3.05, 3.63) is 41.7 Å².